The molecule has 1 amide bonds. The second-order valence-corrected chi connectivity index (χ2v) is 9.70. The van der Waals surface area contributed by atoms with Crippen LogP contribution >= 0.6 is 0 Å². The monoisotopic (exact) mass is 461 g/mol. The van der Waals surface area contributed by atoms with Crippen molar-refractivity contribution in [2.24, 2.45) is 0 Å². The number of sulfonamides is 1. The van der Waals surface area contributed by atoms with E-state index in [4.69, 9.17) is 14.2 Å². The highest BCUT2D eigenvalue weighted by Gasteiger charge is 2.23. The van der Waals surface area contributed by atoms with Gasteiger partial charge in [0, 0.05) is 32.2 Å². The number of anilines is 1. The molecule has 2 aromatic carbocycles. The van der Waals surface area contributed by atoms with Gasteiger partial charge in [0.15, 0.2) is 11.5 Å². The topological polar surface area (TPSA) is 97.4 Å². The zero-order chi connectivity index (χ0) is 22.6. The first kappa shape index (κ1) is 22.4. The van der Waals surface area contributed by atoms with Gasteiger partial charge in [-0.05, 0) is 23.3 Å². The van der Waals surface area contributed by atoms with Crippen molar-refractivity contribution in [1.82, 2.24) is 10.2 Å². The molecule has 0 spiro atoms. The number of amides is 1. The number of rotatable bonds is 8. The second kappa shape index (κ2) is 9.76. The molecule has 0 saturated carbocycles. The van der Waals surface area contributed by atoms with E-state index in [-0.39, 0.29) is 13.3 Å². The van der Waals surface area contributed by atoms with Crippen molar-refractivity contribution in [3.63, 3.8) is 0 Å². The number of nitrogens with zero attached hydrogens (tertiary/aromatic N) is 2. The number of carbonyl (C=O) groups is 1. The van der Waals surface area contributed by atoms with Gasteiger partial charge in [-0.1, -0.05) is 24.3 Å². The lowest BCUT2D eigenvalue weighted by Gasteiger charge is -2.26. The smallest absolute Gasteiger partial charge is 0.241 e. The predicted molar refractivity (Wildman–Crippen MR) is 119 cm³/mol. The molecule has 1 fully saturated rings. The van der Waals surface area contributed by atoms with Crippen molar-refractivity contribution in [1.29, 1.82) is 0 Å². The van der Waals surface area contributed by atoms with E-state index in [1.54, 1.807) is 18.2 Å². The van der Waals surface area contributed by atoms with Gasteiger partial charge in [0.25, 0.3) is 0 Å². The average molecular weight is 462 g/mol. The fraction of sp³-hybridized carbons (Fsp3) is 0.409. The SMILES string of the molecule is CS(=O)(=O)N(CC(=O)NCc1ccc(CN2CCOCC2)cc1)c1ccc2c(c1)OCO2. The summed E-state index contributed by atoms with van der Waals surface area (Å²) in [6.07, 6.45) is 1.07. The zero-order valence-electron chi connectivity index (χ0n) is 18.0. The minimum atomic E-state index is -3.67. The number of hydrogen-bond acceptors (Lipinski definition) is 7. The van der Waals surface area contributed by atoms with E-state index in [1.807, 2.05) is 24.3 Å². The van der Waals surface area contributed by atoms with Crippen LogP contribution < -0.4 is 19.1 Å². The first-order chi connectivity index (χ1) is 15.4. The number of fused-ring (bicyclic) bond motifs is 1. The van der Waals surface area contributed by atoms with Gasteiger partial charge in [0.2, 0.25) is 22.7 Å². The van der Waals surface area contributed by atoms with E-state index in [1.165, 1.54) is 5.56 Å². The fourth-order valence-corrected chi connectivity index (χ4v) is 4.46. The minimum absolute atomic E-state index is 0.0867. The summed E-state index contributed by atoms with van der Waals surface area (Å²) in [6, 6.07) is 12.8. The number of carbonyl (C=O) groups excluding carboxylic acids is 1. The van der Waals surface area contributed by atoms with Crippen LogP contribution in [0.3, 0.4) is 0 Å². The van der Waals surface area contributed by atoms with Crippen LogP contribution in [-0.4, -0.2) is 65.1 Å². The summed E-state index contributed by atoms with van der Waals surface area (Å²) in [5.74, 6) is 0.600. The van der Waals surface area contributed by atoms with Crippen molar-refractivity contribution < 1.29 is 27.4 Å². The molecule has 9 nitrogen and oxygen atoms in total. The molecule has 0 radical (unpaired) electrons. The number of benzene rings is 2. The predicted octanol–water partition coefficient (Wildman–Crippen LogP) is 1.33. The highest BCUT2D eigenvalue weighted by atomic mass is 32.2. The minimum Gasteiger partial charge on any atom is -0.454 e. The van der Waals surface area contributed by atoms with Gasteiger partial charge in [-0.25, -0.2) is 8.42 Å². The van der Waals surface area contributed by atoms with Crippen LogP contribution in [0.2, 0.25) is 0 Å². The molecule has 1 saturated heterocycles. The summed E-state index contributed by atoms with van der Waals surface area (Å²) in [6.45, 7) is 4.33. The Kier molecular flexibility index (Phi) is 6.83. The molecule has 0 bridgehead atoms. The van der Waals surface area contributed by atoms with Crippen molar-refractivity contribution >= 4 is 21.6 Å². The Hall–Kier alpha value is -2.82. The number of morpholine rings is 1. The summed E-state index contributed by atoms with van der Waals surface area (Å²) >= 11 is 0. The van der Waals surface area contributed by atoms with Gasteiger partial charge in [-0.15, -0.1) is 0 Å². The Balaban J connectivity index is 1.33. The molecule has 0 atom stereocenters. The molecule has 0 unspecified atom stereocenters. The standard InChI is InChI=1S/C22H27N3O6S/c1-32(27,28)25(19-6-7-20-21(12-19)31-16-30-20)15-22(26)23-13-17-2-4-18(5-3-17)14-24-8-10-29-11-9-24/h2-7,12H,8-11,13-16H2,1H3,(H,23,26). The summed E-state index contributed by atoms with van der Waals surface area (Å²) in [4.78, 5) is 14.9. The Bertz CT molecular complexity index is 1050. The third-order valence-corrected chi connectivity index (χ3v) is 6.49. The van der Waals surface area contributed by atoms with E-state index in [0.717, 1.165) is 49.0 Å². The summed E-state index contributed by atoms with van der Waals surface area (Å²) < 4.78 is 41.6. The third kappa shape index (κ3) is 5.70. The maximum atomic E-state index is 12.5. The molecule has 10 heteroatoms. The summed E-state index contributed by atoms with van der Waals surface area (Å²) in [5, 5.41) is 2.80. The molecule has 172 valence electrons. The van der Waals surface area contributed by atoms with Crippen molar-refractivity contribution in [2.75, 3.05) is 50.2 Å². The van der Waals surface area contributed by atoms with E-state index >= 15 is 0 Å². The Labute approximate surface area is 187 Å². The van der Waals surface area contributed by atoms with Crippen LogP contribution in [0.1, 0.15) is 11.1 Å². The molecular weight excluding hydrogens is 434 g/mol. The van der Waals surface area contributed by atoms with Crippen LogP contribution in [0.4, 0.5) is 5.69 Å². The van der Waals surface area contributed by atoms with Crippen molar-refractivity contribution in [2.45, 2.75) is 13.1 Å². The lowest BCUT2D eigenvalue weighted by molar-refractivity contribution is -0.119. The van der Waals surface area contributed by atoms with Crippen LogP contribution in [-0.2, 0) is 32.6 Å². The average Bonchev–Trinajstić information content (AvgIpc) is 3.25. The van der Waals surface area contributed by atoms with E-state index < -0.39 is 15.9 Å². The van der Waals surface area contributed by atoms with Crippen molar-refractivity contribution in [3.05, 3.63) is 53.6 Å². The molecule has 2 aromatic rings. The van der Waals surface area contributed by atoms with Crippen LogP contribution in [0.15, 0.2) is 42.5 Å². The van der Waals surface area contributed by atoms with Gasteiger partial charge in [-0.3, -0.25) is 14.0 Å². The Morgan fingerprint density at radius 3 is 2.44 bits per heavy atom. The van der Waals surface area contributed by atoms with Gasteiger partial charge in [-0.2, -0.15) is 0 Å². The Morgan fingerprint density at radius 2 is 1.72 bits per heavy atom. The molecule has 2 aliphatic rings. The first-order valence-corrected chi connectivity index (χ1v) is 12.3. The maximum Gasteiger partial charge on any atom is 0.241 e. The van der Waals surface area contributed by atoms with Crippen molar-refractivity contribution in [3.8, 4) is 11.5 Å². The van der Waals surface area contributed by atoms with Gasteiger partial charge in [0.1, 0.15) is 6.54 Å². The van der Waals surface area contributed by atoms with E-state index in [9.17, 15) is 13.2 Å². The van der Waals surface area contributed by atoms with Gasteiger partial charge in [0.05, 0.1) is 25.2 Å². The van der Waals surface area contributed by atoms with Gasteiger partial charge < -0.3 is 19.5 Å². The molecular formula is C22H27N3O6S. The van der Waals surface area contributed by atoms with E-state index in [0.29, 0.717) is 23.7 Å². The molecule has 0 aromatic heterocycles. The lowest BCUT2D eigenvalue weighted by atomic mass is 10.1. The molecule has 0 aliphatic carbocycles. The van der Waals surface area contributed by atoms with Crippen LogP contribution in [0, 0.1) is 0 Å². The number of nitrogens with one attached hydrogen (secondary N) is 1. The zero-order valence-corrected chi connectivity index (χ0v) is 18.8. The largest absolute Gasteiger partial charge is 0.454 e. The number of ether oxygens (including phenoxy) is 3. The summed E-state index contributed by atoms with van der Waals surface area (Å²) in [5.41, 5.74) is 2.49. The maximum absolute atomic E-state index is 12.5. The normalized spacial score (nSPS) is 16.0. The van der Waals surface area contributed by atoms with Gasteiger partial charge >= 0.3 is 0 Å². The highest BCUT2D eigenvalue weighted by Crippen LogP contribution is 2.36. The first-order valence-electron chi connectivity index (χ1n) is 10.4. The number of hydrogen-bond donors (Lipinski definition) is 1. The Morgan fingerprint density at radius 1 is 1.03 bits per heavy atom. The van der Waals surface area contributed by atoms with Crippen LogP contribution in [0.5, 0.6) is 11.5 Å². The third-order valence-electron chi connectivity index (χ3n) is 5.35. The summed E-state index contributed by atoms with van der Waals surface area (Å²) in [7, 11) is -3.67. The molecule has 1 N–H and O–H groups in total. The highest BCUT2D eigenvalue weighted by molar-refractivity contribution is 7.92. The molecule has 2 heterocycles. The molecule has 2 aliphatic heterocycles. The lowest BCUT2D eigenvalue weighted by Crippen LogP contribution is -2.40. The van der Waals surface area contributed by atoms with Crippen LogP contribution in [0.25, 0.3) is 0 Å². The molecule has 32 heavy (non-hydrogen) atoms. The fourth-order valence-electron chi connectivity index (χ4n) is 3.61. The quantitative estimate of drug-likeness (QED) is 0.633. The second-order valence-electron chi connectivity index (χ2n) is 7.79. The van der Waals surface area contributed by atoms with E-state index in [2.05, 4.69) is 10.2 Å². The molecule has 4 rings (SSSR count).